The van der Waals surface area contributed by atoms with E-state index in [4.69, 9.17) is 4.99 Å². The van der Waals surface area contributed by atoms with Gasteiger partial charge in [-0.1, -0.05) is 47.5 Å². The fourth-order valence-electron chi connectivity index (χ4n) is 6.82. The molecule has 32 heavy (non-hydrogen) atoms. The number of hydrogen-bond acceptors (Lipinski definition) is 2. The summed E-state index contributed by atoms with van der Waals surface area (Å²) in [7, 11) is -2.00. The summed E-state index contributed by atoms with van der Waals surface area (Å²) >= 11 is 0. The van der Waals surface area contributed by atoms with Gasteiger partial charge in [0.05, 0.1) is 11.0 Å². The van der Waals surface area contributed by atoms with Crippen molar-refractivity contribution in [3.63, 3.8) is 0 Å². The van der Waals surface area contributed by atoms with Gasteiger partial charge in [-0.15, -0.1) is 0 Å². The van der Waals surface area contributed by atoms with Gasteiger partial charge < -0.3 is 5.32 Å². The highest BCUT2D eigenvalue weighted by Crippen LogP contribution is 2.37. The largest absolute Gasteiger partial charge is 0.384 e. The first-order valence-corrected chi connectivity index (χ1v) is 15.2. The summed E-state index contributed by atoms with van der Waals surface area (Å²) in [6.07, 6.45) is 7.62. The Morgan fingerprint density at radius 1 is 0.938 bits per heavy atom. The smallest absolute Gasteiger partial charge is 0.203 e. The Morgan fingerprint density at radius 2 is 1.75 bits per heavy atom. The van der Waals surface area contributed by atoms with Crippen LogP contribution in [0, 0.1) is 0 Å². The molecule has 4 heteroatoms. The summed E-state index contributed by atoms with van der Waals surface area (Å²) in [4.78, 5) is 5.32. The van der Waals surface area contributed by atoms with Crippen LogP contribution in [0.5, 0.6) is 0 Å². The average molecular weight is 447 g/mol. The van der Waals surface area contributed by atoms with Crippen molar-refractivity contribution in [3.8, 4) is 0 Å². The van der Waals surface area contributed by atoms with Crippen molar-refractivity contribution >= 4 is 29.8 Å². The lowest BCUT2D eigenvalue weighted by Crippen LogP contribution is -2.69. The molecule has 1 N–H and O–H groups in total. The molecule has 3 aliphatic rings. The molecule has 0 bridgehead atoms. The second-order valence-electron chi connectivity index (χ2n) is 10.8. The normalized spacial score (nSPS) is 17.7. The highest BCUT2D eigenvalue weighted by atomic mass is 28.3. The number of nitrogens with one attached hydrogen (secondary N) is 1. The predicted octanol–water partition coefficient (Wildman–Crippen LogP) is 3.93. The van der Waals surface area contributed by atoms with Crippen molar-refractivity contribution in [1.29, 1.82) is 0 Å². The first-order valence-electron chi connectivity index (χ1n) is 13.0. The van der Waals surface area contributed by atoms with E-state index in [-0.39, 0.29) is 0 Å². The lowest BCUT2D eigenvalue weighted by molar-refractivity contribution is 0.550. The van der Waals surface area contributed by atoms with Crippen LogP contribution in [0.4, 0.5) is 11.4 Å². The van der Waals surface area contributed by atoms with Gasteiger partial charge in [-0.2, -0.15) is 0 Å². The summed E-state index contributed by atoms with van der Waals surface area (Å²) in [5.74, 6) is 0. The van der Waals surface area contributed by atoms with Gasteiger partial charge in [-0.05, 0) is 58.1 Å². The maximum absolute atomic E-state index is 5.32. The van der Waals surface area contributed by atoms with E-state index in [0.29, 0.717) is 11.1 Å². The third-order valence-electron chi connectivity index (χ3n) is 8.36. The number of anilines is 1. The zero-order chi connectivity index (χ0) is 22.5. The monoisotopic (exact) mass is 446 g/mol. The van der Waals surface area contributed by atoms with Crippen LogP contribution < -0.4 is 31.0 Å². The zero-order valence-electron chi connectivity index (χ0n) is 20.7. The van der Waals surface area contributed by atoms with Crippen LogP contribution in [0.1, 0.15) is 71.4 Å². The number of unbranched alkanes of at least 4 members (excludes halogenated alkanes) is 3. The zero-order valence-corrected chi connectivity index (χ0v) is 21.7. The molecule has 2 aromatic carbocycles. The number of fused-ring (bicyclic) bond motifs is 4. The summed E-state index contributed by atoms with van der Waals surface area (Å²) in [5.41, 5.74) is 6.86. The van der Waals surface area contributed by atoms with Gasteiger partial charge in [0.1, 0.15) is 21.2 Å². The molecule has 5 rings (SSSR count). The third kappa shape index (κ3) is 3.29. The van der Waals surface area contributed by atoms with E-state index in [1.165, 1.54) is 78.4 Å². The van der Waals surface area contributed by atoms with Crippen molar-refractivity contribution in [3.05, 3.63) is 46.1 Å². The van der Waals surface area contributed by atoms with Crippen molar-refractivity contribution in [2.75, 3.05) is 25.0 Å². The second-order valence-corrected chi connectivity index (χ2v) is 15.9. The minimum atomic E-state index is -2.00. The maximum atomic E-state index is 5.32. The number of rotatable bonds is 7. The lowest BCUT2D eigenvalue weighted by atomic mass is 10.1. The highest BCUT2D eigenvalue weighted by molar-refractivity contribution is 7.05. The Morgan fingerprint density at radius 3 is 2.50 bits per heavy atom. The van der Waals surface area contributed by atoms with Gasteiger partial charge in [0, 0.05) is 36.7 Å². The van der Waals surface area contributed by atoms with E-state index in [0.717, 1.165) is 13.0 Å². The van der Waals surface area contributed by atoms with Gasteiger partial charge in [-0.25, -0.2) is 9.57 Å². The number of nitrogens with zero attached hydrogens (tertiary/aromatic N) is 2. The molecule has 0 radical (unpaired) electrons. The second kappa shape index (κ2) is 8.44. The van der Waals surface area contributed by atoms with Gasteiger partial charge >= 0.3 is 0 Å². The predicted molar refractivity (Wildman–Crippen MR) is 140 cm³/mol. The number of benzene rings is 2. The molecule has 0 aromatic heterocycles. The molecular weight excluding hydrogens is 406 g/mol. The van der Waals surface area contributed by atoms with Crippen molar-refractivity contribution in [1.82, 2.24) is 4.58 Å². The molecule has 0 saturated heterocycles. The van der Waals surface area contributed by atoms with Crippen LogP contribution in [0.25, 0.3) is 0 Å². The molecule has 170 valence electrons. The van der Waals surface area contributed by atoms with E-state index >= 15 is 0 Å². The molecule has 0 amide bonds. The lowest BCUT2D eigenvalue weighted by Gasteiger charge is -2.43. The summed E-state index contributed by atoms with van der Waals surface area (Å²) in [5, 5.41) is 9.59. The van der Waals surface area contributed by atoms with Crippen LogP contribution in [0.2, 0.25) is 11.1 Å². The minimum Gasteiger partial charge on any atom is -0.384 e. The fraction of sp³-hybridized carbons (Fsp3) is 0.571. The Labute approximate surface area is 194 Å². The minimum absolute atomic E-state index is 0.632. The first-order chi connectivity index (χ1) is 15.5. The Balaban J connectivity index is 1.72. The third-order valence-corrected chi connectivity index (χ3v) is 14.6. The van der Waals surface area contributed by atoms with E-state index in [2.05, 4.69) is 68.8 Å². The molecule has 0 fully saturated rings. The molecule has 0 saturated carbocycles. The van der Waals surface area contributed by atoms with Crippen LogP contribution in [-0.4, -0.2) is 27.7 Å². The van der Waals surface area contributed by atoms with Crippen LogP contribution >= 0.6 is 0 Å². The SMILES string of the molecule is CCCCCC[N+]1=c2cc3c(cc2CC1)=Nc1cc2c(cc1[Si]3(C(C)C)C(C)C)NCC2. The highest BCUT2D eigenvalue weighted by Gasteiger charge is 2.48. The quantitative estimate of drug-likeness (QED) is 0.389. The summed E-state index contributed by atoms with van der Waals surface area (Å²) < 4.78 is 2.67. The molecule has 2 aromatic rings. The average Bonchev–Trinajstić information content (AvgIpc) is 3.37. The van der Waals surface area contributed by atoms with Crippen molar-refractivity contribution in [2.24, 2.45) is 4.99 Å². The van der Waals surface area contributed by atoms with Gasteiger partial charge in [0.2, 0.25) is 5.36 Å². The van der Waals surface area contributed by atoms with Gasteiger partial charge in [0.25, 0.3) is 0 Å². The summed E-state index contributed by atoms with van der Waals surface area (Å²) in [6, 6.07) is 9.99. The fourth-order valence-corrected chi connectivity index (χ4v) is 12.8. The maximum Gasteiger partial charge on any atom is 0.203 e. The molecule has 0 unspecified atom stereocenters. The van der Waals surface area contributed by atoms with E-state index < -0.39 is 8.07 Å². The molecule has 3 aliphatic heterocycles. The molecule has 0 aliphatic carbocycles. The standard InChI is InChI=1S/C28H39N3Si/c1-6-7-8-9-13-31-14-11-22-16-25-28(18-26(22)31)32(19(2)3,20(4)5)27-17-23-21(10-12-29-23)15-24(27)30-25/h15-20H,6-14H2,1-5H3/p+1. The summed E-state index contributed by atoms with van der Waals surface area (Å²) in [6.45, 7) is 15.6. The molecule has 3 nitrogen and oxygen atoms in total. The Bertz CT molecular complexity index is 1150. The molecule has 0 spiro atoms. The van der Waals surface area contributed by atoms with Crippen molar-refractivity contribution in [2.45, 2.75) is 84.2 Å². The Hall–Kier alpha value is -1.94. The Kier molecular flexibility index (Phi) is 5.77. The van der Waals surface area contributed by atoms with Crippen molar-refractivity contribution < 1.29 is 0 Å². The van der Waals surface area contributed by atoms with E-state index in [1.807, 2.05) is 0 Å². The van der Waals surface area contributed by atoms with Gasteiger partial charge in [-0.3, -0.25) is 0 Å². The molecular formula is C28H40N3Si+. The van der Waals surface area contributed by atoms with Crippen LogP contribution in [0.3, 0.4) is 0 Å². The van der Waals surface area contributed by atoms with E-state index in [1.54, 1.807) is 10.4 Å². The molecule has 3 heterocycles. The molecule has 0 atom stereocenters. The topological polar surface area (TPSA) is 27.4 Å². The van der Waals surface area contributed by atoms with Crippen LogP contribution in [-0.2, 0) is 12.8 Å². The first kappa shape index (κ1) is 21.9. The van der Waals surface area contributed by atoms with Gasteiger partial charge in [0.15, 0.2) is 0 Å². The van der Waals surface area contributed by atoms with Crippen LogP contribution in [0.15, 0.2) is 29.3 Å². The number of hydrogen-bond donors (Lipinski definition) is 1. The van der Waals surface area contributed by atoms with E-state index in [9.17, 15) is 0 Å².